The van der Waals surface area contributed by atoms with Crippen molar-refractivity contribution < 1.29 is 8.42 Å². The summed E-state index contributed by atoms with van der Waals surface area (Å²) in [7, 11) is -3.58. The molecule has 1 aromatic carbocycles. The highest BCUT2D eigenvalue weighted by Gasteiger charge is 2.19. The van der Waals surface area contributed by atoms with E-state index in [1.54, 1.807) is 44.7 Å². The molecule has 7 heteroatoms. The molecule has 0 radical (unpaired) electrons. The number of nitrogens with two attached hydrogens (primary N) is 1. The fourth-order valence-electron chi connectivity index (χ4n) is 1.98. The third-order valence-electron chi connectivity index (χ3n) is 2.90. The number of nitrogens with one attached hydrogen (secondary N) is 1. The van der Waals surface area contributed by atoms with Gasteiger partial charge in [0.2, 0.25) is 10.0 Å². The zero-order valence-corrected chi connectivity index (χ0v) is 12.3. The topological polar surface area (TPSA) is 90.0 Å². The fourth-order valence-corrected chi connectivity index (χ4v) is 3.50. The predicted molar refractivity (Wildman–Crippen MR) is 77.6 cm³/mol. The van der Waals surface area contributed by atoms with Gasteiger partial charge in [-0.05, 0) is 31.5 Å². The lowest BCUT2D eigenvalue weighted by atomic mass is 10.2. The molecule has 1 unspecified atom stereocenters. The molecule has 0 aliphatic carbocycles. The molecule has 20 heavy (non-hydrogen) atoms. The minimum atomic E-state index is -3.58. The number of nitrogens with zero attached hydrogens (tertiary/aromatic N) is 2. The normalized spacial score (nSPS) is 13.3. The van der Waals surface area contributed by atoms with Crippen LogP contribution in [0.5, 0.6) is 0 Å². The van der Waals surface area contributed by atoms with Crippen molar-refractivity contribution in [2.45, 2.75) is 31.3 Å². The minimum Gasteiger partial charge on any atom is -0.399 e. The van der Waals surface area contributed by atoms with Crippen LogP contribution < -0.4 is 10.5 Å². The maximum absolute atomic E-state index is 12.4. The molecule has 3 N–H and O–H groups in total. The van der Waals surface area contributed by atoms with E-state index in [1.807, 2.05) is 4.57 Å². The smallest absolute Gasteiger partial charge is 0.241 e. The lowest BCUT2D eigenvalue weighted by molar-refractivity contribution is 0.520. The second kappa shape index (κ2) is 5.64. The fraction of sp³-hybridized carbons (Fsp3) is 0.308. The van der Waals surface area contributed by atoms with Gasteiger partial charge in [0.1, 0.15) is 0 Å². The molecule has 0 aliphatic rings. The van der Waals surface area contributed by atoms with Crippen LogP contribution >= 0.6 is 0 Å². The summed E-state index contributed by atoms with van der Waals surface area (Å²) in [5.41, 5.74) is 6.76. The summed E-state index contributed by atoms with van der Waals surface area (Å²) in [6, 6.07) is 4.60. The Morgan fingerprint density at radius 2 is 2.20 bits per heavy atom. The van der Waals surface area contributed by atoms with Crippen molar-refractivity contribution in [2.75, 3.05) is 5.73 Å². The van der Waals surface area contributed by atoms with Gasteiger partial charge in [0.25, 0.3) is 0 Å². The highest BCUT2D eigenvalue weighted by Crippen LogP contribution is 2.18. The molecule has 1 heterocycles. The second-order valence-corrected chi connectivity index (χ2v) is 6.49. The second-order valence-electron chi connectivity index (χ2n) is 4.81. The van der Waals surface area contributed by atoms with Gasteiger partial charge in [-0.3, -0.25) is 0 Å². The van der Waals surface area contributed by atoms with Gasteiger partial charge in [-0.15, -0.1) is 0 Å². The Morgan fingerprint density at radius 3 is 2.85 bits per heavy atom. The Morgan fingerprint density at radius 1 is 1.45 bits per heavy atom. The molecule has 2 aromatic rings. The van der Waals surface area contributed by atoms with E-state index in [9.17, 15) is 8.42 Å². The number of aryl methyl sites for hydroxylation is 1. The SMILES string of the molecule is Cc1ccc(N)cc1S(=O)(=O)NC(C)Cn1ccnc1. The van der Waals surface area contributed by atoms with Crippen molar-refractivity contribution in [3.8, 4) is 0 Å². The van der Waals surface area contributed by atoms with Crippen molar-refractivity contribution in [3.63, 3.8) is 0 Å². The number of rotatable bonds is 5. The Bertz CT molecular complexity index is 680. The van der Waals surface area contributed by atoms with Gasteiger partial charge in [-0.25, -0.2) is 18.1 Å². The van der Waals surface area contributed by atoms with Gasteiger partial charge in [0.05, 0.1) is 11.2 Å². The van der Waals surface area contributed by atoms with E-state index < -0.39 is 10.0 Å². The molecule has 0 amide bonds. The van der Waals surface area contributed by atoms with Gasteiger partial charge in [-0.2, -0.15) is 0 Å². The first-order valence-corrected chi connectivity index (χ1v) is 7.71. The summed E-state index contributed by atoms with van der Waals surface area (Å²) in [5.74, 6) is 0. The van der Waals surface area contributed by atoms with E-state index >= 15 is 0 Å². The van der Waals surface area contributed by atoms with Crippen LogP contribution in [0, 0.1) is 6.92 Å². The van der Waals surface area contributed by atoms with Crippen LogP contribution in [-0.2, 0) is 16.6 Å². The Kier molecular flexibility index (Phi) is 4.10. The summed E-state index contributed by atoms with van der Waals surface area (Å²) in [4.78, 5) is 4.14. The largest absolute Gasteiger partial charge is 0.399 e. The molecule has 0 fully saturated rings. The molecule has 108 valence electrons. The van der Waals surface area contributed by atoms with Crippen LogP contribution in [0.2, 0.25) is 0 Å². The zero-order valence-electron chi connectivity index (χ0n) is 11.4. The van der Waals surface area contributed by atoms with Crippen LogP contribution in [0.15, 0.2) is 41.8 Å². The van der Waals surface area contributed by atoms with Gasteiger partial charge >= 0.3 is 0 Å². The number of hydrogen-bond acceptors (Lipinski definition) is 4. The van der Waals surface area contributed by atoms with E-state index in [0.717, 1.165) is 0 Å². The highest BCUT2D eigenvalue weighted by atomic mass is 32.2. The third-order valence-corrected chi connectivity index (χ3v) is 4.63. The summed E-state index contributed by atoms with van der Waals surface area (Å²) in [6.45, 7) is 4.06. The number of imidazole rings is 1. The van der Waals surface area contributed by atoms with Gasteiger partial charge < -0.3 is 10.3 Å². The average Bonchev–Trinajstić information content (AvgIpc) is 2.84. The monoisotopic (exact) mass is 294 g/mol. The van der Waals surface area contributed by atoms with E-state index in [2.05, 4.69) is 9.71 Å². The number of anilines is 1. The molecule has 0 aliphatic heterocycles. The van der Waals surface area contributed by atoms with E-state index in [0.29, 0.717) is 17.8 Å². The van der Waals surface area contributed by atoms with Gasteiger partial charge in [0.15, 0.2) is 0 Å². The zero-order chi connectivity index (χ0) is 14.8. The molecule has 0 saturated carbocycles. The van der Waals surface area contributed by atoms with Crippen LogP contribution in [0.3, 0.4) is 0 Å². The van der Waals surface area contributed by atoms with Gasteiger partial charge in [-0.1, -0.05) is 6.07 Å². The molecule has 1 atom stereocenters. The molecule has 1 aromatic heterocycles. The van der Waals surface area contributed by atoms with Crippen molar-refractivity contribution in [2.24, 2.45) is 0 Å². The third kappa shape index (κ3) is 3.37. The van der Waals surface area contributed by atoms with Crippen molar-refractivity contribution in [1.29, 1.82) is 0 Å². The number of nitrogen functional groups attached to an aromatic ring is 1. The predicted octanol–water partition coefficient (Wildman–Crippen LogP) is 1.14. The molecule has 0 bridgehead atoms. The van der Waals surface area contributed by atoms with Crippen LogP contribution in [0.25, 0.3) is 0 Å². The first kappa shape index (κ1) is 14.5. The van der Waals surface area contributed by atoms with Crippen molar-refractivity contribution >= 4 is 15.7 Å². The quantitative estimate of drug-likeness (QED) is 0.809. The van der Waals surface area contributed by atoms with Crippen molar-refractivity contribution in [3.05, 3.63) is 42.5 Å². The summed E-state index contributed by atoms with van der Waals surface area (Å²) in [6.07, 6.45) is 5.09. The van der Waals surface area contributed by atoms with Crippen LogP contribution in [0.1, 0.15) is 12.5 Å². The van der Waals surface area contributed by atoms with Crippen LogP contribution in [-0.4, -0.2) is 24.0 Å². The number of aromatic nitrogens is 2. The van der Waals surface area contributed by atoms with Crippen molar-refractivity contribution in [1.82, 2.24) is 14.3 Å². The highest BCUT2D eigenvalue weighted by molar-refractivity contribution is 7.89. The Balaban J connectivity index is 2.16. The van der Waals surface area contributed by atoms with E-state index in [4.69, 9.17) is 5.73 Å². The van der Waals surface area contributed by atoms with Crippen LogP contribution in [0.4, 0.5) is 5.69 Å². The maximum atomic E-state index is 12.4. The molecule has 0 spiro atoms. The van der Waals surface area contributed by atoms with E-state index in [-0.39, 0.29) is 10.9 Å². The maximum Gasteiger partial charge on any atom is 0.241 e. The van der Waals surface area contributed by atoms with E-state index in [1.165, 1.54) is 6.07 Å². The molecule has 2 rings (SSSR count). The molecule has 6 nitrogen and oxygen atoms in total. The first-order chi connectivity index (χ1) is 9.38. The number of hydrogen-bond donors (Lipinski definition) is 2. The Labute approximate surface area is 118 Å². The minimum absolute atomic E-state index is 0.218. The molecular formula is C13H18N4O2S. The van der Waals surface area contributed by atoms with Gasteiger partial charge in [0, 0.05) is 30.7 Å². The summed E-state index contributed by atoms with van der Waals surface area (Å²) in [5, 5.41) is 0. The lowest BCUT2D eigenvalue weighted by Crippen LogP contribution is -2.35. The number of benzene rings is 1. The lowest BCUT2D eigenvalue weighted by Gasteiger charge is -2.16. The Hall–Kier alpha value is -1.86. The first-order valence-electron chi connectivity index (χ1n) is 6.22. The standard InChI is InChI=1S/C13H18N4O2S/c1-10-3-4-12(14)7-13(10)20(18,19)16-11(2)8-17-6-5-15-9-17/h3-7,9,11,16H,8,14H2,1-2H3. The molecule has 0 saturated heterocycles. The average molecular weight is 294 g/mol. The number of sulfonamides is 1. The molecular weight excluding hydrogens is 276 g/mol. The summed E-state index contributed by atoms with van der Waals surface area (Å²) < 4.78 is 29.2. The summed E-state index contributed by atoms with van der Waals surface area (Å²) >= 11 is 0.